The predicted octanol–water partition coefficient (Wildman–Crippen LogP) is 2.65. The molecule has 1 rings (SSSR count). The van der Waals surface area contributed by atoms with E-state index >= 15 is 0 Å². The molecular weight excluding hydrogens is 198 g/mol. The molecule has 0 aromatic carbocycles. The molecule has 0 saturated heterocycles. The number of aryl methyl sites for hydroxylation is 1. The van der Waals surface area contributed by atoms with Crippen molar-refractivity contribution in [2.24, 2.45) is 0 Å². The van der Waals surface area contributed by atoms with Gasteiger partial charge in [0.25, 0.3) is 6.43 Å². The van der Waals surface area contributed by atoms with Gasteiger partial charge in [-0.3, -0.25) is 4.98 Å². The zero-order chi connectivity index (χ0) is 10.0. The number of pyridine rings is 1. The Labute approximate surface area is 79.7 Å². The molecule has 2 nitrogen and oxygen atoms in total. The van der Waals surface area contributed by atoms with Crippen LogP contribution in [0.15, 0.2) is 6.07 Å². The average molecular weight is 207 g/mol. The van der Waals surface area contributed by atoms with E-state index in [9.17, 15) is 8.78 Å². The van der Waals surface area contributed by atoms with Gasteiger partial charge in [-0.2, -0.15) is 0 Å². The highest BCUT2D eigenvalue weighted by molar-refractivity contribution is 6.17. The summed E-state index contributed by atoms with van der Waals surface area (Å²) in [6, 6.07) is 1.27. The quantitative estimate of drug-likeness (QED) is 0.756. The van der Waals surface area contributed by atoms with E-state index in [4.69, 9.17) is 17.3 Å². The van der Waals surface area contributed by atoms with Crippen molar-refractivity contribution in [3.63, 3.8) is 0 Å². The topological polar surface area (TPSA) is 38.9 Å². The molecule has 72 valence electrons. The number of nitrogens with zero attached hydrogens (tertiary/aromatic N) is 1. The molecule has 0 fully saturated rings. The number of nitrogens with two attached hydrogens (primary N) is 1. The lowest BCUT2D eigenvalue weighted by atomic mass is 10.1. The number of hydrogen-bond acceptors (Lipinski definition) is 2. The zero-order valence-electron chi connectivity index (χ0n) is 7.02. The van der Waals surface area contributed by atoms with Crippen LogP contribution in [0.1, 0.15) is 23.4 Å². The van der Waals surface area contributed by atoms with Crippen LogP contribution in [0.2, 0.25) is 0 Å². The summed E-state index contributed by atoms with van der Waals surface area (Å²) in [4.78, 5) is 3.94. The molecule has 5 heteroatoms. The van der Waals surface area contributed by atoms with Crippen molar-refractivity contribution in [3.05, 3.63) is 23.0 Å². The Kier molecular flexibility index (Phi) is 3.03. The van der Waals surface area contributed by atoms with Crippen molar-refractivity contribution in [2.75, 3.05) is 5.73 Å². The van der Waals surface area contributed by atoms with Crippen LogP contribution in [0.3, 0.4) is 0 Å². The maximum Gasteiger partial charge on any atom is 0.265 e. The van der Waals surface area contributed by atoms with Crippen LogP contribution in [0.25, 0.3) is 0 Å². The lowest BCUT2D eigenvalue weighted by Gasteiger charge is -2.08. The van der Waals surface area contributed by atoms with Gasteiger partial charge in [0, 0.05) is 11.3 Å². The minimum absolute atomic E-state index is 0.00407. The molecule has 1 heterocycles. The van der Waals surface area contributed by atoms with E-state index in [1.807, 2.05) is 0 Å². The minimum Gasteiger partial charge on any atom is -0.397 e. The van der Waals surface area contributed by atoms with Crippen molar-refractivity contribution in [1.29, 1.82) is 0 Å². The number of hydrogen-bond donors (Lipinski definition) is 1. The first-order valence-corrected chi connectivity index (χ1v) is 4.19. The number of nitrogen functional groups attached to an aromatic ring is 1. The molecule has 0 amide bonds. The Balaban J connectivity index is 3.27. The number of aromatic nitrogens is 1. The normalized spacial score (nSPS) is 10.8. The fourth-order valence-corrected chi connectivity index (χ4v) is 1.26. The minimum atomic E-state index is -2.58. The molecule has 0 aliphatic heterocycles. The van der Waals surface area contributed by atoms with E-state index in [-0.39, 0.29) is 17.1 Å². The third kappa shape index (κ3) is 2.06. The van der Waals surface area contributed by atoms with Crippen LogP contribution in [0.5, 0.6) is 0 Å². The van der Waals surface area contributed by atoms with Crippen molar-refractivity contribution < 1.29 is 8.78 Å². The number of rotatable bonds is 2. The number of halogens is 3. The lowest BCUT2D eigenvalue weighted by Crippen LogP contribution is -2.03. The fraction of sp³-hybridized carbons (Fsp3) is 0.375. The smallest absolute Gasteiger partial charge is 0.265 e. The van der Waals surface area contributed by atoms with Crippen molar-refractivity contribution >= 4 is 17.3 Å². The predicted molar refractivity (Wildman–Crippen MR) is 47.9 cm³/mol. The largest absolute Gasteiger partial charge is 0.397 e. The molecule has 13 heavy (non-hydrogen) atoms. The number of alkyl halides is 3. The van der Waals surface area contributed by atoms with Gasteiger partial charge in [0.15, 0.2) is 0 Å². The Hall–Kier alpha value is -0.900. The van der Waals surface area contributed by atoms with Gasteiger partial charge in [0.1, 0.15) is 0 Å². The Morgan fingerprint density at radius 1 is 1.62 bits per heavy atom. The molecule has 0 atom stereocenters. The van der Waals surface area contributed by atoms with Gasteiger partial charge in [-0.05, 0) is 13.0 Å². The number of anilines is 1. The maximum absolute atomic E-state index is 12.4. The van der Waals surface area contributed by atoms with Crippen LogP contribution < -0.4 is 5.73 Å². The van der Waals surface area contributed by atoms with Gasteiger partial charge in [0.2, 0.25) is 0 Å². The molecule has 0 aliphatic carbocycles. The second-order valence-electron chi connectivity index (χ2n) is 2.65. The summed E-state index contributed by atoms with van der Waals surface area (Å²) in [7, 11) is 0. The SMILES string of the molecule is Cc1cc(C(F)F)c(N)c(CCl)n1. The summed E-state index contributed by atoms with van der Waals surface area (Å²) < 4.78 is 24.7. The molecule has 0 saturated carbocycles. The summed E-state index contributed by atoms with van der Waals surface area (Å²) in [5.41, 5.74) is 6.06. The molecule has 1 aromatic rings. The lowest BCUT2D eigenvalue weighted by molar-refractivity contribution is 0.152. The summed E-state index contributed by atoms with van der Waals surface area (Å²) in [5, 5.41) is 0. The van der Waals surface area contributed by atoms with Gasteiger partial charge < -0.3 is 5.73 Å². The van der Waals surface area contributed by atoms with Gasteiger partial charge >= 0.3 is 0 Å². The van der Waals surface area contributed by atoms with E-state index < -0.39 is 6.43 Å². The first-order valence-electron chi connectivity index (χ1n) is 3.66. The molecule has 1 aromatic heterocycles. The molecule has 0 unspecified atom stereocenters. The first-order chi connectivity index (χ1) is 6.06. The fourth-order valence-electron chi connectivity index (χ4n) is 1.06. The van der Waals surface area contributed by atoms with Crippen LogP contribution in [0.4, 0.5) is 14.5 Å². The summed E-state index contributed by atoms with van der Waals surface area (Å²) in [6.07, 6.45) is -2.58. The van der Waals surface area contributed by atoms with E-state index in [0.29, 0.717) is 11.4 Å². The van der Waals surface area contributed by atoms with Crippen LogP contribution in [-0.2, 0) is 5.88 Å². The van der Waals surface area contributed by atoms with Gasteiger partial charge in [0.05, 0.1) is 17.3 Å². The molecule has 0 radical (unpaired) electrons. The summed E-state index contributed by atoms with van der Waals surface area (Å²) in [6.45, 7) is 1.63. The van der Waals surface area contributed by atoms with Crippen LogP contribution >= 0.6 is 11.6 Å². The van der Waals surface area contributed by atoms with Gasteiger partial charge in [-0.15, -0.1) is 11.6 Å². The Morgan fingerprint density at radius 2 is 2.23 bits per heavy atom. The second-order valence-corrected chi connectivity index (χ2v) is 2.91. The van der Waals surface area contributed by atoms with Crippen molar-refractivity contribution in [1.82, 2.24) is 4.98 Å². The average Bonchev–Trinajstić information content (AvgIpc) is 2.08. The zero-order valence-corrected chi connectivity index (χ0v) is 7.78. The van der Waals surface area contributed by atoms with Gasteiger partial charge in [-0.1, -0.05) is 0 Å². The van der Waals surface area contributed by atoms with Crippen molar-refractivity contribution in [2.45, 2.75) is 19.2 Å². The summed E-state index contributed by atoms with van der Waals surface area (Å²) in [5.74, 6) is 0.0488. The van der Waals surface area contributed by atoms with E-state index in [1.54, 1.807) is 6.92 Å². The highest BCUT2D eigenvalue weighted by atomic mass is 35.5. The monoisotopic (exact) mass is 206 g/mol. The van der Waals surface area contributed by atoms with E-state index in [1.165, 1.54) is 6.07 Å². The summed E-state index contributed by atoms with van der Waals surface area (Å²) >= 11 is 5.49. The van der Waals surface area contributed by atoms with Crippen LogP contribution in [-0.4, -0.2) is 4.98 Å². The molecule has 0 spiro atoms. The second kappa shape index (κ2) is 3.87. The Morgan fingerprint density at radius 3 is 2.69 bits per heavy atom. The van der Waals surface area contributed by atoms with E-state index in [0.717, 1.165) is 0 Å². The third-order valence-corrected chi connectivity index (χ3v) is 1.91. The standard InChI is InChI=1S/C8H9ClF2N2/c1-4-2-5(8(10)11)7(12)6(3-9)13-4/h2,8H,3,12H2,1H3. The third-order valence-electron chi connectivity index (χ3n) is 1.66. The Bertz CT molecular complexity index is 315. The molecule has 0 bridgehead atoms. The van der Waals surface area contributed by atoms with Crippen molar-refractivity contribution in [3.8, 4) is 0 Å². The first kappa shape index (κ1) is 10.2. The highest BCUT2D eigenvalue weighted by Crippen LogP contribution is 2.28. The molecule has 2 N–H and O–H groups in total. The highest BCUT2D eigenvalue weighted by Gasteiger charge is 2.15. The molecular formula is C8H9ClF2N2. The van der Waals surface area contributed by atoms with Crippen LogP contribution in [0, 0.1) is 6.92 Å². The van der Waals surface area contributed by atoms with Gasteiger partial charge in [-0.25, -0.2) is 8.78 Å². The van der Waals surface area contributed by atoms with E-state index in [2.05, 4.69) is 4.98 Å². The molecule has 0 aliphatic rings. The maximum atomic E-state index is 12.4.